The molecule has 3 aromatic rings. The Morgan fingerprint density at radius 3 is 2.37 bits per heavy atom. The Kier molecular flexibility index (Phi) is 5.51. The summed E-state index contributed by atoms with van der Waals surface area (Å²) in [6.45, 7) is 2.01. The first-order valence-electron chi connectivity index (χ1n) is 8.50. The van der Waals surface area contributed by atoms with Gasteiger partial charge >= 0.3 is 6.09 Å². The van der Waals surface area contributed by atoms with Gasteiger partial charge in [-0.1, -0.05) is 18.2 Å². The lowest BCUT2D eigenvalue weighted by atomic mass is 10.1. The Bertz CT molecular complexity index is 1030. The Morgan fingerprint density at radius 1 is 1.00 bits per heavy atom. The van der Waals surface area contributed by atoms with Crippen LogP contribution in [0.3, 0.4) is 0 Å². The van der Waals surface area contributed by atoms with Crippen molar-refractivity contribution in [1.82, 2.24) is 4.98 Å². The van der Waals surface area contributed by atoms with Crippen LogP contribution in [0.2, 0.25) is 0 Å². The molecule has 0 radical (unpaired) electrons. The lowest BCUT2D eigenvalue weighted by molar-refractivity contribution is -0.115. The average molecular weight is 365 g/mol. The van der Waals surface area contributed by atoms with Crippen LogP contribution in [0.5, 0.6) is 0 Å². The molecule has 0 bridgehead atoms. The fraction of sp³-hybridized carbons (Fsp3) is 0.150. The van der Waals surface area contributed by atoms with Crippen molar-refractivity contribution < 1.29 is 14.3 Å². The number of rotatable bonds is 5. The molecule has 0 aliphatic carbocycles. The number of hydrogen-bond acceptors (Lipinski definition) is 4. The van der Waals surface area contributed by atoms with Crippen molar-refractivity contribution in [2.24, 2.45) is 0 Å². The summed E-state index contributed by atoms with van der Waals surface area (Å²) in [6, 6.07) is 15.7. The predicted octanol–water partition coefficient (Wildman–Crippen LogP) is 3.28. The maximum Gasteiger partial charge on any atom is 0.411 e. The highest BCUT2D eigenvalue weighted by Gasteiger charge is 2.09. The van der Waals surface area contributed by atoms with Crippen LogP contribution in [-0.4, -0.2) is 23.6 Å². The zero-order valence-corrected chi connectivity index (χ0v) is 14.7. The second kappa shape index (κ2) is 8.18. The van der Waals surface area contributed by atoms with E-state index in [2.05, 4.69) is 15.6 Å². The summed E-state index contributed by atoms with van der Waals surface area (Å²) >= 11 is 0. The highest BCUT2D eigenvalue weighted by atomic mass is 16.5. The van der Waals surface area contributed by atoms with Gasteiger partial charge in [-0.05, 0) is 48.7 Å². The molecular formula is C20H19N3O4. The van der Waals surface area contributed by atoms with Crippen LogP contribution in [0.1, 0.15) is 12.5 Å². The van der Waals surface area contributed by atoms with Crippen LogP contribution in [0.4, 0.5) is 16.2 Å². The SMILES string of the molecule is CCOC(=O)Nc1ccc(NC(=O)Cc2cc3ccccc3[nH]c2=O)cc1. The van der Waals surface area contributed by atoms with Crippen LogP contribution in [0.15, 0.2) is 59.4 Å². The maximum atomic E-state index is 12.3. The number of fused-ring (bicyclic) bond motifs is 1. The number of hydrogen-bond donors (Lipinski definition) is 3. The molecule has 2 amide bonds. The number of amides is 2. The first-order valence-corrected chi connectivity index (χ1v) is 8.50. The molecular weight excluding hydrogens is 346 g/mol. The monoisotopic (exact) mass is 365 g/mol. The summed E-state index contributed by atoms with van der Waals surface area (Å²) in [4.78, 5) is 38.5. The summed E-state index contributed by atoms with van der Waals surface area (Å²) in [7, 11) is 0. The molecule has 3 N–H and O–H groups in total. The van der Waals surface area contributed by atoms with Crippen molar-refractivity contribution in [2.75, 3.05) is 17.2 Å². The molecule has 7 heteroatoms. The zero-order chi connectivity index (χ0) is 19.2. The maximum absolute atomic E-state index is 12.3. The van der Waals surface area contributed by atoms with Gasteiger partial charge in [0.25, 0.3) is 5.56 Å². The molecule has 0 fully saturated rings. The van der Waals surface area contributed by atoms with Crippen LogP contribution >= 0.6 is 0 Å². The van der Waals surface area contributed by atoms with Crippen molar-refractivity contribution in [2.45, 2.75) is 13.3 Å². The van der Waals surface area contributed by atoms with Gasteiger partial charge in [0, 0.05) is 22.5 Å². The molecule has 0 spiro atoms. The van der Waals surface area contributed by atoms with Gasteiger partial charge in [-0.25, -0.2) is 4.79 Å². The molecule has 0 atom stereocenters. The number of ether oxygens (including phenoxy) is 1. The van der Waals surface area contributed by atoms with Gasteiger partial charge in [0.2, 0.25) is 5.91 Å². The molecule has 1 aromatic heterocycles. The fourth-order valence-corrected chi connectivity index (χ4v) is 2.62. The highest BCUT2D eigenvalue weighted by molar-refractivity contribution is 5.93. The number of aromatic amines is 1. The minimum Gasteiger partial charge on any atom is -0.450 e. The lowest BCUT2D eigenvalue weighted by Gasteiger charge is -2.08. The minimum atomic E-state index is -0.537. The first kappa shape index (κ1) is 18.2. The number of carbonyl (C=O) groups excluding carboxylic acids is 2. The van der Waals surface area contributed by atoms with E-state index < -0.39 is 6.09 Å². The van der Waals surface area contributed by atoms with Gasteiger partial charge in [0.15, 0.2) is 0 Å². The van der Waals surface area contributed by atoms with Crippen molar-refractivity contribution in [3.63, 3.8) is 0 Å². The van der Waals surface area contributed by atoms with E-state index in [0.29, 0.717) is 16.9 Å². The first-order chi connectivity index (χ1) is 13.0. The molecule has 0 saturated heterocycles. The van der Waals surface area contributed by atoms with Crippen LogP contribution < -0.4 is 16.2 Å². The largest absolute Gasteiger partial charge is 0.450 e. The summed E-state index contributed by atoms with van der Waals surface area (Å²) in [5.41, 5.74) is 1.96. The number of H-pyrrole nitrogens is 1. The molecule has 138 valence electrons. The molecule has 1 heterocycles. The molecule has 27 heavy (non-hydrogen) atoms. The predicted molar refractivity (Wildman–Crippen MR) is 104 cm³/mol. The smallest absolute Gasteiger partial charge is 0.411 e. The number of anilines is 2. The Balaban J connectivity index is 1.65. The number of pyridine rings is 1. The number of para-hydroxylation sites is 1. The van der Waals surface area contributed by atoms with E-state index >= 15 is 0 Å². The quantitative estimate of drug-likeness (QED) is 0.646. The molecule has 0 aliphatic rings. The van der Waals surface area contributed by atoms with E-state index in [-0.39, 0.29) is 24.5 Å². The van der Waals surface area contributed by atoms with E-state index in [9.17, 15) is 14.4 Å². The van der Waals surface area contributed by atoms with E-state index in [4.69, 9.17) is 4.74 Å². The van der Waals surface area contributed by atoms with Crippen molar-refractivity contribution in [3.8, 4) is 0 Å². The van der Waals surface area contributed by atoms with Crippen LogP contribution in [-0.2, 0) is 16.0 Å². The second-order valence-corrected chi connectivity index (χ2v) is 5.86. The minimum absolute atomic E-state index is 0.0387. The van der Waals surface area contributed by atoms with Gasteiger partial charge in [-0.3, -0.25) is 14.9 Å². The van der Waals surface area contributed by atoms with Crippen molar-refractivity contribution >= 4 is 34.3 Å². The fourth-order valence-electron chi connectivity index (χ4n) is 2.62. The standard InChI is InChI=1S/C20H19N3O4/c1-2-27-20(26)22-16-9-7-15(8-10-16)21-18(24)12-14-11-13-5-3-4-6-17(13)23-19(14)25/h3-11H,2,12H2,1H3,(H,21,24)(H,22,26)(H,23,25). The van der Waals surface area contributed by atoms with Gasteiger partial charge in [0.05, 0.1) is 13.0 Å². The molecule has 0 unspecified atom stereocenters. The second-order valence-electron chi connectivity index (χ2n) is 5.86. The van der Waals surface area contributed by atoms with Crippen LogP contribution in [0, 0.1) is 0 Å². The summed E-state index contributed by atoms with van der Waals surface area (Å²) in [5, 5.41) is 6.17. The third-order valence-corrected chi connectivity index (χ3v) is 3.87. The van der Waals surface area contributed by atoms with Gasteiger partial charge in [-0.15, -0.1) is 0 Å². The molecule has 7 nitrogen and oxygen atoms in total. The number of carbonyl (C=O) groups is 2. The normalized spacial score (nSPS) is 10.4. The topological polar surface area (TPSA) is 100 Å². The molecule has 0 saturated carbocycles. The lowest BCUT2D eigenvalue weighted by Crippen LogP contribution is -2.21. The van der Waals surface area contributed by atoms with E-state index in [1.807, 2.05) is 24.3 Å². The molecule has 0 aliphatic heterocycles. The average Bonchev–Trinajstić information content (AvgIpc) is 2.64. The van der Waals surface area contributed by atoms with Gasteiger partial charge in [-0.2, -0.15) is 0 Å². The zero-order valence-electron chi connectivity index (χ0n) is 14.7. The van der Waals surface area contributed by atoms with Gasteiger partial charge in [0.1, 0.15) is 0 Å². The highest BCUT2D eigenvalue weighted by Crippen LogP contribution is 2.15. The van der Waals surface area contributed by atoms with Gasteiger partial charge < -0.3 is 15.0 Å². The van der Waals surface area contributed by atoms with E-state index in [0.717, 1.165) is 10.9 Å². The van der Waals surface area contributed by atoms with Crippen LogP contribution in [0.25, 0.3) is 10.9 Å². The summed E-state index contributed by atoms with van der Waals surface area (Å²) in [5.74, 6) is -0.304. The Labute approximate surface area is 155 Å². The number of aromatic nitrogens is 1. The third-order valence-electron chi connectivity index (χ3n) is 3.87. The molecule has 2 aromatic carbocycles. The van der Waals surface area contributed by atoms with Crippen molar-refractivity contribution in [1.29, 1.82) is 0 Å². The number of benzene rings is 2. The number of nitrogens with one attached hydrogen (secondary N) is 3. The molecule has 3 rings (SSSR count). The van der Waals surface area contributed by atoms with E-state index in [1.165, 1.54) is 0 Å². The Morgan fingerprint density at radius 2 is 1.67 bits per heavy atom. The van der Waals surface area contributed by atoms with E-state index in [1.54, 1.807) is 37.3 Å². The third kappa shape index (κ3) is 4.72. The summed E-state index contributed by atoms with van der Waals surface area (Å²) < 4.78 is 4.80. The summed E-state index contributed by atoms with van der Waals surface area (Å²) in [6.07, 6.45) is -0.576. The Hall–Kier alpha value is -3.61. The van der Waals surface area contributed by atoms with Crippen molar-refractivity contribution in [3.05, 3.63) is 70.5 Å².